The normalized spacial score (nSPS) is 10.1. The van der Waals surface area contributed by atoms with Gasteiger partial charge in [0, 0.05) is 0 Å². The SMILES string of the molecule is N#Cc1cc(C(F)F)c([N+](=O)[O-])c(F)n1. The summed E-state index contributed by atoms with van der Waals surface area (Å²) in [5, 5.41) is 18.6. The number of nitriles is 1. The van der Waals surface area contributed by atoms with Gasteiger partial charge in [0.15, 0.2) is 0 Å². The van der Waals surface area contributed by atoms with Gasteiger partial charge >= 0.3 is 5.69 Å². The molecule has 1 heterocycles. The minimum atomic E-state index is -3.24. The van der Waals surface area contributed by atoms with E-state index >= 15 is 0 Å². The molecule has 0 aliphatic rings. The molecule has 0 fully saturated rings. The maximum absolute atomic E-state index is 12.9. The van der Waals surface area contributed by atoms with Crippen molar-refractivity contribution < 1.29 is 18.1 Å². The van der Waals surface area contributed by atoms with Crippen LogP contribution in [0.5, 0.6) is 0 Å². The zero-order valence-corrected chi connectivity index (χ0v) is 6.95. The van der Waals surface area contributed by atoms with Crippen molar-refractivity contribution in [3.8, 4) is 6.07 Å². The minimum Gasteiger partial charge on any atom is -0.258 e. The first-order valence-corrected chi connectivity index (χ1v) is 3.50. The van der Waals surface area contributed by atoms with Crippen LogP contribution in [0.2, 0.25) is 0 Å². The number of hydrogen-bond acceptors (Lipinski definition) is 4. The number of hydrogen-bond donors (Lipinski definition) is 0. The first kappa shape index (κ1) is 10.9. The van der Waals surface area contributed by atoms with Crippen LogP contribution in [0.15, 0.2) is 6.07 Å². The lowest BCUT2D eigenvalue weighted by Crippen LogP contribution is -2.03. The van der Waals surface area contributed by atoms with E-state index in [1.807, 2.05) is 0 Å². The van der Waals surface area contributed by atoms with Gasteiger partial charge in [-0.3, -0.25) is 10.1 Å². The molecule has 0 saturated heterocycles. The summed E-state index contributed by atoms with van der Waals surface area (Å²) in [4.78, 5) is 11.8. The van der Waals surface area contributed by atoms with Crippen LogP contribution in [-0.2, 0) is 0 Å². The van der Waals surface area contributed by atoms with Gasteiger partial charge < -0.3 is 0 Å². The second-order valence-electron chi connectivity index (χ2n) is 2.41. The molecule has 0 N–H and O–H groups in total. The maximum Gasteiger partial charge on any atom is 0.332 e. The van der Waals surface area contributed by atoms with E-state index in [-0.39, 0.29) is 0 Å². The Balaban J connectivity index is 3.51. The van der Waals surface area contributed by atoms with Crippen molar-refractivity contribution in [3.63, 3.8) is 0 Å². The molecule has 5 nitrogen and oxygen atoms in total. The molecule has 0 aliphatic heterocycles. The van der Waals surface area contributed by atoms with E-state index in [2.05, 4.69) is 4.98 Å². The molecule has 1 aromatic rings. The van der Waals surface area contributed by atoms with Crippen molar-refractivity contribution in [1.29, 1.82) is 5.26 Å². The minimum absolute atomic E-state index is 0.492. The monoisotopic (exact) mass is 217 g/mol. The number of alkyl halides is 2. The Morgan fingerprint density at radius 2 is 2.20 bits per heavy atom. The third-order valence-corrected chi connectivity index (χ3v) is 1.51. The van der Waals surface area contributed by atoms with Crippen molar-refractivity contribution in [2.45, 2.75) is 6.43 Å². The van der Waals surface area contributed by atoms with Gasteiger partial charge in [0.1, 0.15) is 17.3 Å². The topological polar surface area (TPSA) is 79.8 Å². The van der Waals surface area contributed by atoms with Crippen molar-refractivity contribution in [1.82, 2.24) is 4.98 Å². The molecule has 0 amide bonds. The highest BCUT2D eigenvalue weighted by molar-refractivity contribution is 5.43. The third-order valence-electron chi connectivity index (χ3n) is 1.51. The Hall–Kier alpha value is -2.17. The van der Waals surface area contributed by atoms with E-state index in [9.17, 15) is 23.3 Å². The van der Waals surface area contributed by atoms with Gasteiger partial charge in [-0.15, -0.1) is 0 Å². The molecule has 15 heavy (non-hydrogen) atoms. The second-order valence-corrected chi connectivity index (χ2v) is 2.41. The molecular weight excluding hydrogens is 215 g/mol. The fourth-order valence-electron chi connectivity index (χ4n) is 0.930. The highest BCUT2D eigenvalue weighted by Gasteiger charge is 2.28. The molecule has 0 bridgehead atoms. The quantitative estimate of drug-likeness (QED) is 0.430. The van der Waals surface area contributed by atoms with Crippen LogP contribution in [0.1, 0.15) is 17.7 Å². The van der Waals surface area contributed by atoms with Gasteiger partial charge in [0.25, 0.3) is 12.4 Å². The maximum atomic E-state index is 12.9. The number of aromatic nitrogens is 1. The van der Waals surface area contributed by atoms with E-state index in [1.54, 1.807) is 0 Å². The van der Waals surface area contributed by atoms with Gasteiger partial charge in [-0.25, -0.2) is 13.8 Å². The summed E-state index contributed by atoms with van der Waals surface area (Å²) < 4.78 is 37.4. The lowest BCUT2D eigenvalue weighted by Gasteiger charge is -2.01. The Labute approximate surface area is 80.9 Å². The van der Waals surface area contributed by atoms with Crippen LogP contribution < -0.4 is 0 Å². The summed E-state index contributed by atoms with van der Waals surface area (Å²) in [7, 11) is 0. The molecule has 1 aromatic heterocycles. The molecule has 0 aromatic carbocycles. The molecule has 0 atom stereocenters. The van der Waals surface area contributed by atoms with Gasteiger partial charge in [-0.1, -0.05) is 0 Å². The lowest BCUT2D eigenvalue weighted by atomic mass is 10.2. The fourth-order valence-corrected chi connectivity index (χ4v) is 0.930. The lowest BCUT2D eigenvalue weighted by molar-refractivity contribution is -0.389. The molecule has 0 saturated carbocycles. The Morgan fingerprint density at radius 1 is 1.60 bits per heavy atom. The molecule has 8 heteroatoms. The van der Waals surface area contributed by atoms with Crippen LogP contribution in [0.25, 0.3) is 0 Å². The van der Waals surface area contributed by atoms with E-state index in [1.165, 1.54) is 6.07 Å². The van der Waals surface area contributed by atoms with Crippen LogP contribution in [0.4, 0.5) is 18.9 Å². The number of pyridine rings is 1. The summed E-state index contributed by atoms with van der Waals surface area (Å²) in [6, 6.07) is 1.81. The first-order chi connectivity index (χ1) is 6.97. The van der Waals surface area contributed by atoms with E-state index in [0.717, 1.165) is 0 Å². The van der Waals surface area contributed by atoms with Crippen molar-refractivity contribution in [3.05, 3.63) is 33.4 Å². The summed E-state index contributed by atoms with van der Waals surface area (Å²) in [5.74, 6) is -1.69. The van der Waals surface area contributed by atoms with Gasteiger partial charge in [0.05, 0.1) is 4.92 Å². The Morgan fingerprint density at radius 3 is 2.60 bits per heavy atom. The molecule has 1 rings (SSSR count). The summed E-state index contributed by atoms with van der Waals surface area (Å²) in [6.45, 7) is 0. The van der Waals surface area contributed by atoms with Crippen molar-refractivity contribution in [2.75, 3.05) is 0 Å². The molecule has 0 spiro atoms. The van der Waals surface area contributed by atoms with E-state index in [0.29, 0.717) is 6.07 Å². The van der Waals surface area contributed by atoms with Crippen LogP contribution in [-0.4, -0.2) is 9.91 Å². The number of nitrogens with zero attached hydrogens (tertiary/aromatic N) is 3. The van der Waals surface area contributed by atoms with Gasteiger partial charge in [0.2, 0.25) is 0 Å². The average molecular weight is 217 g/mol. The third kappa shape index (κ3) is 2.01. The van der Waals surface area contributed by atoms with E-state index in [4.69, 9.17) is 5.26 Å². The Kier molecular flexibility index (Phi) is 2.85. The summed E-state index contributed by atoms with van der Waals surface area (Å²) in [6.07, 6.45) is -3.24. The smallest absolute Gasteiger partial charge is 0.258 e. The molecule has 0 radical (unpaired) electrons. The Bertz CT molecular complexity index is 456. The highest BCUT2D eigenvalue weighted by Crippen LogP contribution is 2.30. The first-order valence-electron chi connectivity index (χ1n) is 3.50. The zero-order chi connectivity index (χ0) is 11.6. The molecular formula is C7H2F3N3O2. The van der Waals surface area contributed by atoms with Gasteiger partial charge in [-0.2, -0.15) is 9.65 Å². The summed E-state index contributed by atoms with van der Waals surface area (Å²) in [5.41, 5.74) is -3.18. The zero-order valence-electron chi connectivity index (χ0n) is 6.95. The second kappa shape index (κ2) is 3.91. The van der Waals surface area contributed by atoms with E-state index < -0.39 is 34.2 Å². The molecule has 0 unspecified atom stereocenters. The number of halogens is 3. The van der Waals surface area contributed by atoms with Gasteiger partial charge in [-0.05, 0) is 6.07 Å². The van der Waals surface area contributed by atoms with Crippen LogP contribution in [0, 0.1) is 27.4 Å². The fraction of sp³-hybridized carbons (Fsp3) is 0.143. The predicted octanol–water partition coefficient (Wildman–Crippen LogP) is 1.94. The largest absolute Gasteiger partial charge is 0.332 e. The van der Waals surface area contributed by atoms with Crippen LogP contribution >= 0.6 is 0 Å². The number of nitro groups is 1. The highest BCUT2D eigenvalue weighted by atomic mass is 19.3. The summed E-state index contributed by atoms with van der Waals surface area (Å²) >= 11 is 0. The molecule has 0 aliphatic carbocycles. The van der Waals surface area contributed by atoms with Crippen molar-refractivity contribution in [2.24, 2.45) is 0 Å². The molecule has 78 valence electrons. The van der Waals surface area contributed by atoms with Crippen LogP contribution in [0.3, 0.4) is 0 Å². The predicted molar refractivity (Wildman–Crippen MR) is 40.5 cm³/mol. The standard InChI is InChI=1S/C7H2F3N3O2/c8-6(9)4-1-3(2-11)12-7(10)5(4)13(14)15/h1,6H. The number of rotatable bonds is 2. The average Bonchev–Trinajstić information content (AvgIpc) is 2.15. The van der Waals surface area contributed by atoms with Crippen molar-refractivity contribution >= 4 is 5.69 Å².